The number of fused-ring (bicyclic) bond motifs is 1. The molecule has 2 aromatic carbocycles. The lowest BCUT2D eigenvalue weighted by Crippen LogP contribution is -2.25. The molecule has 1 amide bonds. The van der Waals surface area contributed by atoms with Gasteiger partial charge in [0.25, 0.3) is 0 Å². The van der Waals surface area contributed by atoms with E-state index in [9.17, 15) is 4.79 Å². The molecule has 0 unspecified atom stereocenters. The predicted molar refractivity (Wildman–Crippen MR) is 96.9 cm³/mol. The maximum absolute atomic E-state index is 11.9. The van der Waals surface area contributed by atoms with Gasteiger partial charge in [0.2, 0.25) is 5.91 Å². The molecule has 0 bridgehead atoms. The van der Waals surface area contributed by atoms with Crippen LogP contribution in [-0.4, -0.2) is 22.4 Å². The van der Waals surface area contributed by atoms with E-state index in [-0.39, 0.29) is 5.91 Å². The van der Waals surface area contributed by atoms with Crippen LogP contribution in [0.25, 0.3) is 11.0 Å². The molecule has 4 nitrogen and oxygen atoms in total. The monoisotopic (exact) mass is 321 g/mol. The maximum Gasteiger partial charge on any atom is 0.220 e. The van der Waals surface area contributed by atoms with Crippen LogP contribution in [0, 0.1) is 6.92 Å². The van der Waals surface area contributed by atoms with Crippen molar-refractivity contribution in [3.05, 3.63) is 65.5 Å². The highest BCUT2D eigenvalue weighted by Crippen LogP contribution is 2.11. The zero-order valence-corrected chi connectivity index (χ0v) is 14.0. The van der Waals surface area contributed by atoms with E-state index >= 15 is 0 Å². The summed E-state index contributed by atoms with van der Waals surface area (Å²) in [5, 5.41) is 2.99. The number of benzene rings is 2. The largest absolute Gasteiger partial charge is 0.356 e. The van der Waals surface area contributed by atoms with Gasteiger partial charge in [0, 0.05) is 19.4 Å². The van der Waals surface area contributed by atoms with Crippen molar-refractivity contribution in [2.45, 2.75) is 32.6 Å². The van der Waals surface area contributed by atoms with Gasteiger partial charge in [-0.25, -0.2) is 4.98 Å². The van der Waals surface area contributed by atoms with Gasteiger partial charge in [0.1, 0.15) is 5.82 Å². The highest BCUT2D eigenvalue weighted by Gasteiger charge is 2.04. The summed E-state index contributed by atoms with van der Waals surface area (Å²) in [5.41, 5.74) is 4.51. The summed E-state index contributed by atoms with van der Waals surface area (Å²) < 4.78 is 0. The summed E-state index contributed by atoms with van der Waals surface area (Å²) in [5.74, 6) is 1.09. The number of aryl methyl sites for hydroxylation is 3. The zero-order chi connectivity index (χ0) is 16.8. The third kappa shape index (κ3) is 4.44. The first-order valence-electron chi connectivity index (χ1n) is 8.46. The molecule has 0 fully saturated rings. The second-order valence-electron chi connectivity index (χ2n) is 6.14. The number of amides is 1. The molecule has 3 rings (SSSR count). The first kappa shape index (κ1) is 16.2. The fraction of sp³-hybridized carbons (Fsp3) is 0.300. The lowest BCUT2D eigenvalue weighted by molar-refractivity contribution is -0.121. The van der Waals surface area contributed by atoms with E-state index in [0.29, 0.717) is 13.0 Å². The minimum Gasteiger partial charge on any atom is -0.356 e. The Balaban J connectivity index is 1.37. The minimum atomic E-state index is 0.112. The van der Waals surface area contributed by atoms with Crippen LogP contribution in [-0.2, 0) is 17.6 Å². The first-order valence-corrected chi connectivity index (χ1v) is 8.46. The summed E-state index contributed by atoms with van der Waals surface area (Å²) in [6.07, 6.45) is 3.05. The summed E-state index contributed by atoms with van der Waals surface area (Å²) in [7, 11) is 0. The van der Waals surface area contributed by atoms with E-state index in [1.165, 1.54) is 11.1 Å². The van der Waals surface area contributed by atoms with E-state index < -0.39 is 0 Å². The van der Waals surface area contributed by atoms with E-state index in [1.807, 2.05) is 30.3 Å². The van der Waals surface area contributed by atoms with Crippen LogP contribution < -0.4 is 5.32 Å². The standard InChI is InChI=1S/C20H23N3O/c1-15-6-4-7-16(14-15)11-12-20(24)21-13-5-10-19-22-17-8-2-3-9-18(17)23-19/h2-4,6-9,14H,5,10-13H2,1H3,(H,21,24)(H,22,23). The number of imidazole rings is 1. The summed E-state index contributed by atoms with van der Waals surface area (Å²) in [6, 6.07) is 16.3. The fourth-order valence-corrected chi connectivity index (χ4v) is 2.82. The average molecular weight is 321 g/mol. The lowest BCUT2D eigenvalue weighted by atomic mass is 10.1. The van der Waals surface area contributed by atoms with Crippen LogP contribution in [0.15, 0.2) is 48.5 Å². The molecule has 0 aliphatic rings. The Morgan fingerprint density at radius 2 is 2.00 bits per heavy atom. The van der Waals surface area contributed by atoms with E-state index in [4.69, 9.17) is 0 Å². The third-order valence-corrected chi connectivity index (χ3v) is 4.07. The van der Waals surface area contributed by atoms with Gasteiger partial charge in [0.15, 0.2) is 0 Å². The van der Waals surface area contributed by atoms with Gasteiger partial charge in [-0.2, -0.15) is 0 Å². The fourth-order valence-electron chi connectivity index (χ4n) is 2.82. The van der Waals surface area contributed by atoms with Crippen LogP contribution in [0.4, 0.5) is 0 Å². The van der Waals surface area contributed by atoms with Crippen LogP contribution in [0.2, 0.25) is 0 Å². The molecule has 0 spiro atoms. The van der Waals surface area contributed by atoms with Crippen LogP contribution in [0.5, 0.6) is 0 Å². The number of carbonyl (C=O) groups excluding carboxylic acids is 1. The van der Waals surface area contributed by atoms with Crippen molar-refractivity contribution in [2.75, 3.05) is 6.54 Å². The van der Waals surface area contributed by atoms with E-state index in [2.05, 4.69) is 40.4 Å². The Morgan fingerprint density at radius 1 is 1.12 bits per heavy atom. The van der Waals surface area contributed by atoms with Crippen LogP contribution in [0.3, 0.4) is 0 Å². The van der Waals surface area contributed by atoms with Crippen LogP contribution >= 0.6 is 0 Å². The molecule has 0 atom stereocenters. The minimum absolute atomic E-state index is 0.112. The Hall–Kier alpha value is -2.62. The topological polar surface area (TPSA) is 57.8 Å². The molecule has 0 aliphatic heterocycles. The molecular formula is C20H23N3O. The molecule has 0 radical (unpaired) electrons. The predicted octanol–water partition coefficient (Wildman–Crippen LogP) is 3.55. The first-order chi connectivity index (χ1) is 11.7. The van der Waals surface area contributed by atoms with Gasteiger partial charge in [0.05, 0.1) is 11.0 Å². The quantitative estimate of drug-likeness (QED) is 0.654. The number of rotatable bonds is 7. The van der Waals surface area contributed by atoms with Crippen molar-refractivity contribution in [1.82, 2.24) is 15.3 Å². The lowest BCUT2D eigenvalue weighted by Gasteiger charge is -2.05. The Kier molecular flexibility index (Phi) is 5.26. The van der Waals surface area contributed by atoms with Crippen molar-refractivity contribution in [2.24, 2.45) is 0 Å². The van der Waals surface area contributed by atoms with Gasteiger partial charge in [-0.3, -0.25) is 4.79 Å². The molecule has 1 heterocycles. The van der Waals surface area contributed by atoms with Gasteiger partial charge >= 0.3 is 0 Å². The molecule has 1 aromatic heterocycles. The van der Waals surface area contributed by atoms with E-state index in [1.54, 1.807) is 0 Å². The average Bonchev–Trinajstić information content (AvgIpc) is 3.00. The molecule has 124 valence electrons. The molecule has 3 aromatic rings. The number of para-hydroxylation sites is 2. The number of aromatic nitrogens is 2. The molecule has 0 aliphatic carbocycles. The number of hydrogen-bond donors (Lipinski definition) is 2. The van der Waals surface area contributed by atoms with Gasteiger partial charge in [-0.15, -0.1) is 0 Å². The Labute approximate surface area is 142 Å². The van der Waals surface area contributed by atoms with Crippen molar-refractivity contribution in [1.29, 1.82) is 0 Å². The molecule has 0 saturated heterocycles. The Bertz CT molecular complexity index is 789. The van der Waals surface area contributed by atoms with Crippen molar-refractivity contribution in [3.63, 3.8) is 0 Å². The van der Waals surface area contributed by atoms with Crippen molar-refractivity contribution >= 4 is 16.9 Å². The summed E-state index contributed by atoms with van der Waals surface area (Å²) in [4.78, 5) is 19.8. The molecular weight excluding hydrogens is 298 g/mol. The number of H-pyrrole nitrogens is 1. The maximum atomic E-state index is 11.9. The summed E-state index contributed by atoms with van der Waals surface area (Å²) >= 11 is 0. The zero-order valence-electron chi connectivity index (χ0n) is 14.0. The normalized spacial score (nSPS) is 10.9. The third-order valence-electron chi connectivity index (χ3n) is 4.07. The van der Waals surface area contributed by atoms with Crippen LogP contribution in [0.1, 0.15) is 29.8 Å². The smallest absolute Gasteiger partial charge is 0.220 e. The molecule has 0 saturated carbocycles. The number of carbonyl (C=O) groups is 1. The molecule has 2 N–H and O–H groups in total. The number of nitrogens with one attached hydrogen (secondary N) is 2. The summed E-state index contributed by atoms with van der Waals surface area (Å²) in [6.45, 7) is 2.76. The van der Waals surface area contributed by atoms with Crippen molar-refractivity contribution in [3.8, 4) is 0 Å². The van der Waals surface area contributed by atoms with Gasteiger partial charge in [-0.1, -0.05) is 42.0 Å². The highest BCUT2D eigenvalue weighted by molar-refractivity contribution is 5.76. The highest BCUT2D eigenvalue weighted by atomic mass is 16.1. The molecule has 4 heteroatoms. The van der Waals surface area contributed by atoms with Gasteiger partial charge in [-0.05, 0) is 37.5 Å². The second kappa shape index (κ2) is 7.77. The number of hydrogen-bond acceptors (Lipinski definition) is 2. The second-order valence-corrected chi connectivity index (χ2v) is 6.14. The molecule has 24 heavy (non-hydrogen) atoms. The number of nitrogens with zero attached hydrogens (tertiary/aromatic N) is 1. The van der Waals surface area contributed by atoms with E-state index in [0.717, 1.165) is 36.1 Å². The SMILES string of the molecule is Cc1cccc(CCC(=O)NCCCc2nc3ccccc3[nH]2)c1. The number of aromatic amines is 1. The van der Waals surface area contributed by atoms with Gasteiger partial charge < -0.3 is 10.3 Å². The van der Waals surface area contributed by atoms with Crippen molar-refractivity contribution < 1.29 is 4.79 Å². The Morgan fingerprint density at radius 3 is 2.83 bits per heavy atom.